The molecule has 0 bridgehead atoms. The van der Waals surface area contributed by atoms with Gasteiger partial charge in [0.05, 0.1) is 14.2 Å². The summed E-state index contributed by atoms with van der Waals surface area (Å²) in [6.07, 6.45) is 2.10. The molecule has 0 aliphatic heterocycles. The van der Waals surface area contributed by atoms with Crippen LogP contribution in [0.1, 0.15) is 19.4 Å². The average molecular weight is 340 g/mol. The lowest BCUT2D eigenvalue weighted by atomic mass is 9.84. The van der Waals surface area contributed by atoms with Crippen LogP contribution in [0, 0.1) is 0 Å². The van der Waals surface area contributed by atoms with E-state index >= 15 is 0 Å². The average Bonchev–Trinajstić information content (AvgIpc) is 2.57. The molecule has 0 heterocycles. The molecule has 0 unspecified atom stereocenters. The van der Waals surface area contributed by atoms with Crippen LogP contribution in [-0.4, -0.2) is 52.3 Å². The Labute approximate surface area is 144 Å². The zero-order chi connectivity index (χ0) is 17.3. The third-order valence-corrected chi connectivity index (χ3v) is 4.30. The first-order valence-electron chi connectivity index (χ1n) is 7.64. The Balaban J connectivity index is 2.74. The fraction of sp³-hybridized carbons (Fsp3) is 0.588. The number of rotatable bonds is 8. The summed E-state index contributed by atoms with van der Waals surface area (Å²) in [6, 6.07) is 6.05. The van der Waals surface area contributed by atoms with Crippen molar-refractivity contribution in [1.29, 1.82) is 0 Å². The zero-order valence-corrected chi connectivity index (χ0v) is 15.8. The maximum absolute atomic E-state index is 5.40. The highest BCUT2D eigenvalue weighted by molar-refractivity contribution is 7.98. The molecule has 0 radical (unpaired) electrons. The minimum absolute atomic E-state index is 0.0727. The molecule has 130 valence electrons. The van der Waals surface area contributed by atoms with Crippen LogP contribution in [0.4, 0.5) is 0 Å². The van der Waals surface area contributed by atoms with Gasteiger partial charge in [-0.15, -0.1) is 0 Å². The molecule has 2 N–H and O–H groups in total. The van der Waals surface area contributed by atoms with Gasteiger partial charge in [-0.3, -0.25) is 4.99 Å². The normalized spacial score (nSPS) is 12.0. The number of hydrogen-bond acceptors (Lipinski definition) is 4. The Morgan fingerprint density at radius 1 is 1.17 bits per heavy atom. The van der Waals surface area contributed by atoms with Gasteiger partial charge < -0.3 is 20.1 Å². The SMILES string of the molecule is CN=C(NCCSC)NCC(C)(C)c1ccc(OC)c(OC)c1. The van der Waals surface area contributed by atoms with Crippen LogP contribution in [0.25, 0.3) is 0 Å². The number of thioether (sulfide) groups is 1. The van der Waals surface area contributed by atoms with E-state index in [9.17, 15) is 0 Å². The Kier molecular flexibility index (Phi) is 8.09. The number of aliphatic imine (C=N–C) groups is 1. The predicted molar refractivity (Wildman–Crippen MR) is 100 cm³/mol. The van der Waals surface area contributed by atoms with Crippen LogP contribution in [0.2, 0.25) is 0 Å². The van der Waals surface area contributed by atoms with Crippen LogP contribution in [-0.2, 0) is 5.41 Å². The summed E-state index contributed by atoms with van der Waals surface area (Å²) >= 11 is 1.81. The monoisotopic (exact) mass is 339 g/mol. The molecule has 0 aliphatic rings. The quantitative estimate of drug-likeness (QED) is 0.433. The van der Waals surface area contributed by atoms with E-state index in [1.165, 1.54) is 5.56 Å². The molecular formula is C17H29N3O2S. The summed E-state index contributed by atoms with van der Waals surface area (Å²) in [6.45, 7) is 6.05. The minimum atomic E-state index is -0.0727. The largest absolute Gasteiger partial charge is 0.493 e. The van der Waals surface area contributed by atoms with Gasteiger partial charge in [-0.1, -0.05) is 19.9 Å². The summed E-state index contributed by atoms with van der Waals surface area (Å²) in [5.41, 5.74) is 1.11. The van der Waals surface area contributed by atoms with Crippen molar-refractivity contribution in [2.45, 2.75) is 19.3 Å². The number of ether oxygens (including phenoxy) is 2. The second-order valence-electron chi connectivity index (χ2n) is 5.80. The highest BCUT2D eigenvalue weighted by Crippen LogP contribution is 2.32. The van der Waals surface area contributed by atoms with E-state index in [2.05, 4.69) is 41.8 Å². The smallest absolute Gasteiger partial charge is 0.191 e. The standard InChI is InChI=1S/C17H29N3O2S/c1-17(2,12-20-16(18-3)19-9-10-23-6)13-7-8-14(21-4)15(11-13)22-5/h7-8,11H,9-10,12H2,1-6H3,(H2,18,19,20). The summed E-state index contributed by atoms with van der Waals surface area (Å²) in [4.78, 5) is 4.26. The molecule has 0 aromatic heterocycles. The van der Waals surface area contributed by atoms with Gasteiger partial charge in [-0.25, -0.2) is 0 Å². The number of nitrogens with one attached hydrogen (secondary N) is 2. The summed E-state index contributed by atoms with van der Waals surface area (Å²) in [5, 5.41) is 6.70. The maximum Gasteiger partial charge on any atom is 0.191 e. The van der Waals surface area contributed by atoms with E-state index < -0.39 is 0 Å². The second kappa shape index (κ2) is 9.55. The van der Waals surface area contributed by atoms with Gasteiger partial charge in [-0.2, -0.15) is 11.8 Å². The van der Waals surface area contributed by atoms with Gasteiger partial charge in [0.25, 0.3) is 0 Å². The molecule has 5 nitrogen and oxygen atoms in total. The number of methoxy groups -OCH3 is 2. The lowest BCUT2D eigenvalue weighted by Gasteiger charge is -2.27. The van der Waals surface area contributed by atoms with E-state index in [1.807, 2.05) is 23.9 Å². The molecular weight excluding hydrogens is 310 g/mol. The Bertz CT molecular complexity index is 519. The summed E-state index contributed by atoms with van der Waals surface area (Å²) in [7, 11) is 5.09. The topological polar surface area (TPSA) is 54.9 Å². The first kappa shape index (κ1) is 19.5. The number of benzene rings is 1. The Hall–Kier alpha value is -1.56. The second-order valence-corrected chi connectivity index (χ2v) is 6.78. The molecule has 0 spiro atoms. The van der Waals surface area contributed by atoms with Crippen molar-refractivity contribution in [1.82, 2.24) is 10.6 Å². The van der Waals surface area contributed by atoms with Crippen molar-refractivity contribution < 1.29 is 9.47 Å². The molecule has 0 saturated heterocycles. The Morgan fingerprint density at radius 3 is 2.43 bits per heavy atom. The number of nitrogens with zero attached hydrogens (tertiary/aromatic N) is 1. The van der Waals surface area contributed by atoms with Crippen molar-refractivity contribution in [3.63, 3.8) is 0 Å². The summed E-state index contributed by atoms with van der Waals surface area (Å²) < 4.78 is 10.7. The molecule has 1 aromatic carbocycles. The first-order valence-corrected chi connectivity index (χ1v) is 9.04. The van der Waals surface area contributed by atoms with Crippen LogP contribution in [0.15, 0.2) is 23.2 Å². The van der Waals surface area contributed by atoms with Gasteiger partial charge in [0.1, 0.15) is 0 Å². The number of guanidine groups is 1. The van der Waals surface area contributed by atoms with Crippen molar-refractivity contribution in [2.24, 2.45) is 4.99 Å². The van der Waals surface area contributed by atoms with E-state index in [1.54, 1.807) is 21.3 Å². The van der Waals surface area contributed by atoms with Crippen molar-refractivity contribution in [2.75, 3.05) is 46.4 Å². The van der Waals surface area contributed by atoms with Crippen molar-refractivity contribution in [3.8, 4) is 11.5 Å². The van der Waals surface area contributed by atoms with Crippen LogP contribution < -0.4 is 20.1 Å². The lowest BCUT2D eigenvalue weighted by molar-refractivity contribution is 0.353. The molecule has 1 aromatic rings. The first-order chi connectivity index (χ1) is 11.0. The van der Waals surface area contributed by atoms with Gasteiger partial charge >= 0.3 is 0 Å². The van der Waals surface area contributed by atoms with Gasteiger partial charge in [-0.05, 0) is 24.0 Å². The van der Waals surface area contributed by atoms with E-state index in [0.717, 1.165) is 36.3 Å². The molecule has 23 heavy (non-hydrogen) atoms. The minimum Gasteiger partial charge on any atom is -0.493 e. The van der Waals surface area contributed by atoms with Gasteiger partial charge in [0, 0.05) is 31.3 Å². The maximum atomic E-state index is 5.40. The zero-order valence-electron chi connectivity index (χ0n) is 15.0. The molecule has 0 amide bonds. The van der Waals surface area contributed by atoms with Gasteiger partial charge in [0.2, 0.25) is 0 Å². The van der Waals surface area contributed by atoms with Gasteiger partial charge in [0.15, 0.2) is 17.5 Å². The highest BCUT2D eigenvalue weighted by atomic mass is 32.2. The van der Waals surface area contributed by atoms with Crippen molar-refractivity contribution >= 4 is 17.7 Å². The molecule has 0 saturated carbocycles. The molecule has 6 heteroatoms. The van der Waals surface area contributed by atoms with Crippen LogP contribution >= 0.6 is 11.8 Å². The Morgan fingerprint density at radius 2 is 1.87 bits per heavy atom. The molecule has 0 aliphatic carbocycles. The number of hydrogen-bond donors (Lipinski definition) is 2. The fourth-order valence-corrected chi connectivity index (χ4v) is 2.46. The van der Waals surface area contributed by atoms with E-state index in [4.69, 9.17) is 9.47 Å². The highest BCUT2D eigenvalue weighted by Gasteiger charge is 2.22. The molecule has 0 fully saturated rings. The van der Waals surface area contributed by atoms with E-state index in [-0.39, 0.29) is 5.41 Å². The van der Waals surface area contributed by atoms with E-state index in [0.29, 0.717) is 0 Å². The van der Waals surface area contributed by atoms with Crippen LogP contribution in [0.5, 0.6) is 11.5 Å². The predicted octanol–water partition coefficient (Wildman–Crippen LogP) is 2.51. The van der Waals surface area contributed by atoms with Crippen LogP contribution in [0.3, 0.4) is 0 Å². The third-order valence-electron chi connectivity index (χ3n) is 3.69. The molecule has 0 atom stereocenters. The molecule has 1 rings (SSSR count). The lowest BCUT2D eigenvalue weighted by Crippen LogP contribution is -2.44. The van der Waals surface area contributed by atoms with Crippen molar-refractivity contribution in [3.05, 3.63) is 23.8 Å². The fourth-order valence-electron chi connectivity index (χ4n) is 2.16. The summed E-state index contributed by atoms with van der Waals surface area (Å²) in [5.74, 6) is 3.38. The third kappa shape index (κ3) is 5.86.